The van der Waals surface area contributed by atoms with Crippen molar-refractivity contribution in [3.63, 3.8) is 0 Å². The fourth-order valence-electron chi connectivity index (χ4n) is 1.88. The fraction of sp³-hybridized carbons (Fsp3) is 0.444. The molecule has 6 nitrogen and oxygen atoms in total. The first-order valence-corrected chi connectivity index (χ1v) is 7.68. The first-order valence-electron chi connectivity index (χ1n) is 7.68. The standard InChI is InChI=1S/C18H24N2O4/c1-5-7-12-24-14-10-8-13(9-11-14)16(21)20-15(18(3,4)19)17(22)23-6-2/h8-11,15H,6,12,19H2,1-4H3,(H,20,21)/t15-/m1/s1. The lowest BCUT2D eigenvalue weighted by atomic mass is 9.95. The number of rotatable bonds is 7. The highest BCUT2D eigenvalue weighted by atomic mass is 16.5. The molecule has 0 aliphatic carbocycles. The van der Waals surface area contributed by atoms with Crippen LogP contribution in [0.3, 0.4) is 0 Å². The molecule has 0 saturated carbocycles. The maximum absolute atomic E-state index is 12.3. The van der Waals surface area contributed by atoms with E-state index in [1.54, 1.807) is 52.0 Å². The third-order valence-electron chi connectivity index (χ3n) is 3.15. The van der Waals surface area contributed by atoms with Gasteiger partial charge in [0.15, 0.2) is 0 Å². The molecular weight excluding hydrogens is 308 g/mol. The molecule has 6 heteroatoms. The van der Waals surface area contributed by atoms with E-state index in [1.807, 2.05) is 0 Å². The van der Waals surface area contributed by atoms with Gasteiger partial charge in [0.05, 0.1) is 6.61 Å². The van der Waals surface area contributed by atoms with E-state index in [1.165, 1.54) is 0 Å². The summed E-state index contributed by atoms with van der Waals surface area (Å²) in [5.74, 6) is 5.15. The number of hydrogen-bond donors (Lipinski definition) is 2. The molecule has 0 bridgehead atoms. The third kappa shape index (κ3) is 5.94. The second-order valence-electron chi connectivity index (χ2n) is 5.72. The largest absolute Gasteiger partial charge is 0.481 e. The van der Waals surface area contributed by atoms with Crippen molar-refractivity contribution < 1.29 is 19.1 Å². The van der Waals surface area contributed by atoms with Crippen molar-refractivity contribution in [1.82, 2.24) is 5.32 Å². The van der Waals surface area contributed by atoms with Gasteiger partial charge in [0, 0.05) is 11.1 Å². The molecule has 1 atom stereocenters. The molecule has 0 aromatic heterocycles. The molecule has 0 spiro atoms. The molecule has 1 aromatic rings. The normalized spacial score (nSPS) is 11.7. The highest BCUT2D eigenvalue weighted by Crippen LogP contribution is 2.13. The Labute approximate surface area is 142 Å². The van der Waals surface area contributed by atoms with Gasteiger partial charge in [0.2, 0.25) is 0 Å². The van der Waals surface area contributed by atoms with Gasteiger partial charge in [0.1, 0.15) is 18.4 Å². The van der Waals surface area contributed by atoms with Gasteiger partial charge in [-0.2, -0.15) is 0 Å². The Balaban J connectivity index is 2.80. The summed E-state index contributed by atoms with van der Waals surface area (Å²) in [6.45, 7) is 7.24. The summed E-state index contributed by atoms with van der Waals surface area (Å²) in [4.78, 5) is 24.4. The molecule has 0 fully saturated rings. The topological polar surface area (TPSA) is 90.6 Å². The van der Waals surface area contributed by atoms with Crippen LogP contribution in [0.1, 0.15) is 38.1 Å². The van der Waals surface area contributed by atoms with Gasteiger partial charge in [0.25, 0.3) is 5.91 Å². The fourth-order valence-corrected chi connectivity index (χ4v) is 1.88. The Morgan fingerprint density at radius 3 is 2.42 bits per heavy atom. The van der Waals surface area contributed by atoms with E-state index in [0.717, 1.165) is 0 Å². The van der Waals surface area contributed by atoms with Crippen LogP contribution in [0, 0.1) is 11.8 Å². The van der Waals surface area contributed by atoms with Gasteiger partial charge in [-0.3, -0.25) is 4.79 Å². The van der Waals surface area contributed by atoms with E-state index < -0.39 is 23.5 Å². The van der Waals surface area contributed by atoms with Crippen LogP contribution in [0.25, 0.3) is 0 Å². The lowest BCUT2D eigenvalue weighted by Crippen LogP contribution is -2.59. The highest BCUT2D eigenvalue weighted by molar-refractivity contribution is 5.97. The van der Waals surface area contributed by atoms with Gasteiger partial charge < -0.3 is 20.5 Å². The van der Waals surface area contributed by atoms with Crippen molar-refractivity contribution in [3.05, 3.63) is 29.8 Å². The molecule has 1 amide bonds. The molecule has 0 aliphatic heterocycles. The Morgan fingerprint density at radius 2 is 1.92 bits per heavy atom. The van der Waals surface area contributed by atoms with Crippen LogP contribution in [-0.2, 0) is 9.53 Å². The summed E-state index contributed by atoms with van der Waals surface area (Å²) in [6.07, 6.45) is 0. The van der Waals surface area contributed by atoms with Crippen LogP contribution in [0.5, 0.6) is 5.75 Å². The van der Waals surface area contributed by atoms with Crippen LogP contribution in [0.4, 0.5) is 0 Å². The lowest BCUT2D eigenvalue weighted by Gasteiger charge is -2.29. The summed E-state index contributed by atoms with van der Waals surface area (Å²) in [6, 6.07) is 5.60. The zero-order chi connectivity index (χ0) is 18.2. The SMILES string of the molecule is CC#CCOc1ccc(C(=O)N[C@H](C(=O)OCC)C(C)(C)N)cc1. The zero-order valence-corrected chi connectivity index (χ0v) is 14.5. The van der Waals surface area contributed by atoms with Crippen molar-refractivity contribution in [2.45, 2.75) is 39.3 Å². The minimum absolute atomic E-state index is 0.216. The van der Waals surface area contributed by atoms with Crippen molar-refractivity contribution >= 4 is 11.9 Å². The summed E-state index contributed by atoms with van der Waals surface area (Å²) >= 11 is 0. The van der Waals surface area contributed by atoms with E-state index in [9.17, 15) is 9.59 Å². The molecule has 0 saturated heterocycles. The molecule has 1 rings (SSSR count). The number of carbonyl (C=O) groups is 2. The average molecular weight is 332 g/mol. The third-order valence-corrected chi connectivity index (χ3v) is 3.15. The predicted molar refractivity (Wildman–Crippen MR) is 91.5 cm³/mol. The number of nitrogens with one attached hydrogen (secondary N) is 1. The number of carbonyl (C=O) groups excluding carboxylic acids is 2. The maximum atomic E-state index is 12.3. The van der Waals surface area contributed by atoms with Crippen LogP contribution in [0.15, 0.2) is 24.3 Å². The van der Waals surface area contributed by atoms with Crippen LogP contribution in [0.2, 0.25) is 0 Å². The van der Waals surface area contributed by atoms with E-state index in [4.69, 9.17) is 15.2 Å². The van der Waals surface area contributed by atoms with Crippen molar-refractivity contribution in [3.8, 4) is 17.6 Å². The molecule has 1 aromatic carbocycles. The van der Waals surface area contributed by atoms with E-state index in [-0.39, 0.29) is 13.2 Å². The Hall–Kier alpha value is -2.52. The van der Waals surface area contributed by atoms with Crippen LogP contribution >= 0.6 is 0 Å². The quantitative estimate of drug-likeness (QED) is 0.583. The molecule has 0 heterocycles. The van der Waals surface area contributed by atoms with Crippen molar-refractivity contribution in [1.29, 1.82) is 0 Å². The monoisotopic (exact) mass is 332 g/mol. The predicted octanol–water partition coefficient (Wildman–Crippen LogP) is 1.49. The van der Waals surface area contributed by atoms with Gasteiger partial charge in [-0.25, -0.2) is 4.79 Å². The summed E-state index contributed by atoms with van der Waals surface area (Å²) in [5, 5.41) is 2.63. The van der Waals surface area contributed by atoms with Gasteiger partial charge >= 0.3 is 5.97 Å². The summed E-state index contributed by atoms with van der Waals surface area (Å²) in [7, 11) is 0. The molecule has 24 heavy (non-hydrogen) atoms. The molecule has 3 N–H and O–H groups in total. The van der Waals surface area contributed by atoms with Crippen LogP contribution < -0.4 is 15.8 Å². The Kier molecular flexibility index (Phi) is 7.28. The molecule has 0 unspecified atom stereocenters. The van der Waals surface area contributed by atoms with Gasteiger partial charge in [-0.15, -0.1) is 5.92 Å². The van der Waals surface area contributed by atoms with Gasteiger partial charge in [-0.1, -0.05) is 5.92 Å². The molecule has 0 radical (unpaired) electrons. The van der Waals surface area contributed by atoms with Gasteiger partial charge in [-0.05, 0) is 52.0 Å². The highest BCUT2D eigenvalue weighted by Gasteiger charge is 2.34. The first kappa shape index (κ1) is 19.5. The van der Waals surface area contributed by atoms with E-state index >= 15 is 0 Å². The smallest absolute Gasteiger partial charge is 0.330 e. The minimum atomic E-state index is -0.955. The average Bonchev–Trinajstić information content (AvgIpc) is 2.52. The second-order valence-corrected chi connectivity index (χ2v) is 5.72. The van der Waals surface area contributed by atoms with E-state index in [0.29, 0.717) is 11.3 Å². The van der Waals surface area contributed by atoms with Crippen molar-refractivity contribution in [2.75, 3.05) is 13.2 Å². The minimum Gasteiger partial charge on any atom is -0.481 e. The first-order chi connectivity index (χ1) is 11.3. The molecule has 130 valence electrons. The number of amides is 1. The van der Waals surface area contributed by atoms with Crippen molar-refractivity contribution in [2.24, 2.45) is 5.73 Å². The maximum Gasteiger partial charge on any atom is 0.330 e. The lowest BCUT2D eigenvalue weighted by molar-refractivity contribution is -0.146. The van der Waals surface area contributed by atoms with E-state index in [2.05, 4.69) is 17.2 Å². The number of hydrogen-bond acceptors (Lipinski definition) is 5. The number of nitrogens with two attached hydrogens (primary N) is 1. The number of benzene rings is 1. The Bertz CT molecular complexity index is 621. The zero-order valence-electron chi connectivity index (χ0n) is 14.5. The second kappa shape index (κ2) is 8.94. The molecular formula is C18H24N2O4. The summed E-state index contributed by atoms with van der Waals surface area (Å²) < 4.78 is 10.4. The Morgan fingerprint density at radius 1 is 1.29 bits per heavy atom. The summed E-state index contributed by atoms with van der Waals surface area (Å²) in [5.41, 5.74) is 5.42. The number of ether oxygens (including phenoxy) is 2. The number of esters is 1. The van der Waals surface area contributed by atoms with Crippen LogP contribution in [-0.4, -0.2) is 36.7 Å². The molecule has 0 aliphatic rings.